The third-order valence-electron chi connectivity index (χ3n) is 6.31. The van der Waals surface area contributed by atoms with Crippen LogP contribution in [0.5, 0.6) is 5.75 Å². The van der Waals surface area contributed by atoms with Gasteiger partial charge in [-0.2, -0.15) is 0 Å². The number of hydrogen-bond donors (Lipinski definition) is 2. The highest BCUT2D eigenvalue weighted by Gasteiger charge is 2.23. The summed E-state index contributed by atoms with van der Waals surface area (Å²) in [6, 6.07) is 10.2. The molecule has 0 saturated carbocycles. The minimum atomic E-state index is -0.704. The number of aryl methyl sites for hydroxylation is 1. The zero-order valence-corrected chi connectivity index (χ0v) is 20.0. The largest absolute Gasteiger partial charge is 0.458 e. The number of hydrogen-bond acceptors (Lipinski definition) is 5. The lowest BCUT2D eigenvalue weighted by atomic mass is 10.1. The second kappa shape index (κ2) is 9.11. The molecule has 0 unspecified atom stereocenters. The van der Waals surface area contributed by atoms with Gasteiger partial charge in [0.15, 0.2) is 5.83 Å². The minimum Gasteiger partial charge on any atom is -0.458 e. The molecule has 0 spiro atoms. The van der Waals surface area contributed by atoms with Crippen molar-refractivity contribution in [2.75, 3.05) is 0 Å². The lowest BCUT2D eigenvalue weighted by molar-refractivity contribution is 0.0962. The van der Waals surface area contributed by atoms with Crippen molar-refractivity contribution < 1.29 is 18.3 Å². The molecule has 4 heterocycles. The number of rotatable bonds is 5. The van der Waals surface area contributed by atoms with Crippen LogP contribution in [0, 0.1) is 5.82 Å². The van der Waals surface area contributed by atoms with Crippen molar-refractivity contribution in [3.8, 4) is 11.4 Å². The Balaban J connectivity index is 1.31. The molecule has 6 rings (SSSR count). The monoisotopic (exact) mass is 514 g/mol. The Bertz CT molecular complexity index is 1850. The molecule has 1 aromatic carbocycles. The van der Waals surface area contributed by atoms with Gasteiger partial charge in [-0.05, 0) is 55.0 Å². The van der Waals surface area contributed by atoms with Gasteiger partial charge < -0.3 is 19.6 Å². The van der Waals surface area contributed by atoms with Crippen LogP contribution in [0.15, 0.2) is 89.3 Å². The molecule has 38 heavy (non-hydrogen) atoms. The molecule has 0 radical (unpaired) electrons. The summed E-state index contributed by atoms with van der Waals surface area (Å²) >= 11 is 0. The molecule has 0 fully saturated rings. The predicted octanol–water partition coefficient (Wildman–Crippen LogP) is 4.41. The first-order valence-corrected chi connectivity index (χ1v) is 11.7. The highest BCUT2D eigenvalue weighted by molar-refractivity contribution is 5.97. The molecule has 9 nitrogen and oxygen atoms in total. The van der Waals surface area contributed by atoms with Crippen LogP contribution in [0.1, 0.15) is 23.2 Å². The number of carbonyl (C=O) groups is 1. The SMILES string of the molecule is Cn1cnc2cc(C(=O)NC3=CC(F)=C(Oc4ccnc5[nH]ccc45)CC3)c(=O)n(-c3ccc(F)cc3)c21. The van der Waals surface area contributed by atoms with E-state index in [1.54, 1.807) is 36.1 Å². The lowest BCUT2D eigenvalue weighted by Gasteiger charge is -2.18. The molecule has 190 valence electrons. The van der Waals surface area contributed by atoms with Crippen LogP contribution >= 0.6 is 0 Å². The van der Waals surface area contributed by atoms with Crippen molar-refractivity contribution in [2.24, 2.45) is 7.05 Å². The molecule has 1 aliphatic rings. The molecule has 0 saturated heterocycles. The maximum absolute atomic E-state index is 15.0. The van der Waals surface area contributed by atoms with E-state index in [4.69, 9.17) is 4.74 Å². The molecular formula is C27H20F2N6O3. The number of pyridine rings is 2. The molecule has 0 atom stereocenters. The average molecular weight is 514 g/mol. The van der Waals surface area contributed by atoms with E-state index < -0.39 is 23.1 Å². The van der Waals surface area contributed by atoms with Gasteiger partial charge >= 0.3 is 0 Å². The van der Waals surface area contributed by atoms with Crippen molar-refractivity contribution in [3.63, 3.8) is 0 Å². The predicted molar refractivity (Wildman–Crippen MR) is 136 cm³/mol. The summed E-state index contributed by atoms with van der Waals surface area (Å²) in [4.78, 5) is 38.1. The van der Waals surface area contributed by atoms with Crippen molar-refractivity contribution in [1.29, 1.82) is 0 Å². The van der Waals surface area contributed by atoms with Crippen LogP contribution < -0.4 is 15.6 Å². The molecule has 1 aliphatic carbocycles. The average Bonchev–Trinajstić information content (AvgIpc) is 3.53. The van der Waals surface area contributed by atoms with Gasteiger partial charge in [-0.15, -0.1) is 0 Å². The standard InChI is InChI=1S/C27H20F2N6O3/c1-34-14-32-21-13-19(27(37)35(26(21)34)17-5-2-15(28)3-6-17)25(36)33-16-4-7-23(20(29)12-16)38-22-9-11-31-24-18(22)8-10-30-24/h2-3,5-6,8-14H,4,7H2,1H3,(H,30,31)(H,33,36). The van der Waals surface area contributed by atoms with E-state index in [1.165, 1.54) is 47.3 Å². The first kappa shape index (κ1) is 23.3. The van der Waals surface area contributed by atoms with E-state index in [1.807, 2.05) is 0 Å². The summed E-state index contributed by atoms with van der Waals surface area (Å²) in [5.74, 6) is -1.19. The summed E-state index contributed by atoms with van der Waals surface area (Å²) in [5.41, 5.74) is 1.34. The van der Waals surface area contributed by atoms with Gasteiger partial charge in [-0.3, -0.25) is 14.2 Å². The normalized spacial score (nSPS) is 13.7. The number of aromatic amines is 1. The number of imidazole rings is 1. The van der Waals surface area contributed by atoms with Crippen molar-refractivity contribution in [3.05, 3.63) is 106 Å². The highest BCUT2D eigenvalue weighted by atomic mass is 19.1. The Hall–Kier alpha value is -5.06. The Kier molecular flexibility index (Phi) is 5.60. The zero-order chi connectivity index (χ0) is 26.4. The maximum atomic E-state index is 15.0. The number of nitrogens with zero attached hydrogens (tertiary/aromatic N) is 4. The molecule has 4 aromatic heterocycles. The molecule has 2 N–H and O–H groups in total. The van der Waals surface area contributed by atoms with Crippen molar-refractivity contribution >= 4 is 28.1 Å². The Morgan fingerprint density at radius 3 is 2.71 bits per heavy atom. The van der Waals surface area contributed by atoms with Gasteiger partial charge in [0.05, 0.1) is 17.4 Å². The third kappa shape index (κ3) is 4.03. The molecule has 11 heteroatoms. The van der Waals surface area contributed by atoms with Gasteiger partial charge in [0, 0.05) is 31.6 Å². The fourth-order valence-electron chi connectivity index (χ4n) is 4.47. The summed E-state index contributed by atoms with van der Waals surface area (Å²) in [6.45, 7) is 0. The number of H-pyrrole nitrogens is 1. The lowest BCUT2D eigenvalue weighted by Crippen LogP contribution is -2.33. The van der Waals surface area contributed by atoms with E-state index in [-0.39, 0.29) is 24.2 Å². The second-order valence-electron chi connectivity index (χ2n) is 8.79. The van der Waals surface area contributed by atoms with Gasteiger partial charge in [-0.1, -0.05) is 0 Å². The van der Waals surface area contributed by atoms with E-state index in [2.05, 4.69) is 20.3 Å². The molecule has 0 aliphatic heterocycles. The van der Waals surface area contributed by atoms with Crippen molar-refractivity contribution in [1.82, 2.24) is 29.4 Å². The Morgan fingerprint density at radius 2 is 1.92 bits per heavy atom. The number of aromatic nitrogens is 5. The number of allylic oxidation sites excluding steroid dienone is 4. The van der Waals surface area contributed by atoms with Crippen LogP contribution in [0.3, 0.4) is 0 Å². The van der Waals surface area contributed by atoms with Gasteiger partial charge in [0.2, 0.25) is 0 Å². The van der Waals surface area contributed by atoms with Gasteiger partial charge in [-0.25, -0.2) is 18.7 Å². The molecule has 5 aromatic rings. The maximum Gasteiger partial charge on any atom is 0.269 e. The summed E-state index contributed by atoms with van der Waals surface area (Å²) in [7, 11) is 1.71. The van der Waals surface area contributed by atoms with E-state index in [9.17, 15) is 18.4 Å². The van der Waals surface area contributed by atoms with E-state index >= 15 is 0 Å². The number of ether oxygens (including phenoxy) is 1. The topological polar surface area (TPSA) is 107 Å². The summed E-state index contributed by atoms with van der Waals surface area (Å²) in [6.07, 6.45) is 6.47. The van der Waals surface area contributed by atoms with Gasteiger partial charge in [0.25, 0.3) is 11.5 Å². The van der Waals surface area contributed by atoms with Crippen molar-refractivity contribution in [2.45, 2.75) is 12.8 Å². The Labute approximate surface area is 213 Å². The van der Waals surface area contributed by atoms with E-state index in [0.29, 0.717) is 33.9 Å². The number of fused-ring (bicyclic) bond motifs is 2. The van der Waals surface area contributed by atoms with Crippen LogP contribution in [0.4, 0.5) is 8.78 Å². The molecular weight excluding hydrogens is 494 g/mol. The van der Waals surface area contributed by atoms with Crippen LogP contribution in [-0.4, -0.2) is 30.0 Å². The number of benzene rings is 1. The molecule has 1 amide bonds. The van der Waals surface area contributed by atoms with Crippen LogP contribution in [0.2, 0.25) is 0 Å². The van der Waals surface area contributed by atoms with E-state index in [0.717, 1.165) is 5.39 Å². The third-order valence-corrected chi connectivity index (χ3v) is 6.31. The summed E-state index contributed by atoms with van der Waals surface area (Å²) < 4.78 is 37.2. The first-order valence-electron chi connectivity index (χ1n) is 11.7. The van der Waals surface area contributed by atoms with Crippen LogP contribution in [0.25, 0.3) is 27.9 Å². The number of amides is 1. The highest BCUT2D eigenvalue weighted by Crippen LogP contribution is 2.30. The zero-order valence-electron chi connectivity index (χ0n) is 20.0. The Morgan fingerprint density at radius 1 is 1.11 bits per heavy atom. The fraction of sp³-hybridized carbons (Fsp3) is 0.111. The fourth-order valence-corrected chi connectivity index (χ4v) is 4.47. The molecule has 0 bridgehead atoms. The minimum absolute atomic E-state index is 0.130. The quantitative estimate of drug-likeness (QED) is 0.362. The van der Waals surface area contributed by atoms with Crippen LogP contribution in [-0.2, 0) is 7.05 Å². The number of halogens is 2. The second-order valence-corrected chi connectivity index (χ2v) is 8.79. The smallest absolute Gasteiger partial charge is 0.269 e. The van der Waals surface area contributed by atoms with Gasteiger partial charge in [0.1, 0.15) is 39.7 Å². The number of nitrogens with one attached hydrogen (secondary N) is 2. The first-order chi connectivity index (χ1) is 18.4. The summed E-state index contributed by atoms with van der Waals surface area (Å²) in [5, 5.41) is 3.37. The number of carbonyl (C=O) groups excluding carboxylic acids is 1.